The third-order valence-corrected chi connectivity index (χ3v) is 2.20. The molecule has 0 aliphatic carbocycles. The largest absolute Gasteiger partial charge is 0.390 e. The van der Waals surface area contributed by atoms with Gasteiger partial charge in [-0.3, -0.25) is 0 Å². The third kappa shape index (κ3) is 2.53. The van der Waals surface area contributed by atoms with E-state index in [0.29, 0.717) is 5.56 Å². The van der Waals surface area contributed by atoms with Crippen molar-refractivity contribution in [3.8, 4) is 0 Å². The fourth-order valence-corrected chi connectivity index (χ4v) is 1.25. The molecule has 0 aliphatic rings. The van der Waals surface area contributed by atoms with Gasteiger partial charge in [0.15, 0.2) is 0 Å². The Morgan fingerprint density at radius 1 is 1.21 bits per heavy atom. The fraction of sp³-hybridized carbons (Fsp3) is 0.455. The minimum absolute atomic E-state index is 0.0618. The summed E-state index contributed by atoms with van der Waals surface area (Å²) < 4.78 is 12.8. The number of aliphatic hydroxyl groups excluding tert-OH is 2. The Bertz CT molecular complexity index is 299. The molecule has 0 aromatic heterocycles. The number of rotatable bonds is 3. The summed E-state index contributed by atoms with van der Waals surface area (Å²) in [6.07, 6.45) is -1.89. The lowest BCUT2D eigenvalue weighted by atomic mass is 9.96. The Hall–Kier alpha value is -0.930. The van der Waals surface area contributed by atoms with Gasteiger partial charge in [0.25, 0.3) is 0 Å². The second kappa shape index (κ2) is 4.53. The molecule has 0 saturated heterocycles. The number of hydrogen-bond donors (Lipinski definition) is 2. The predicted octanol–water partition coefficient (Wildman–Crippen LogP) is 1.88. The van der Waals surface area contributed by atoms with Gasteiger partial charge in [-0.25, -0.2) is 4.39 Å². The topological polar surface area (TPSA) is 40.5 Å². The van der Waals surface area contributed by atoms with Gasteiger partial charge in [0.05, 0.1) is 6.10 Å². The average Bonchev–Trinajstić information content (AvgIpc) is 2.15. The van der Waals surface area contributed by atoms with Crippen molar-refractivity contribution in [2.45, 2.75) is 26.1 Å². The lowest BCUT2D eigenvalue weighted by molar-refractivity contribution is -0.00952. The second-order valence-electron chi connectivity index (χ2n) is 3.73. The van der Waals surface area contributed by atoms with E-state index in [9.17, 15) is 14.6 Å². The first kappa shape index (κ1) is 11.1. The Morgan fingerprint density at radius 2 is 1.86 bits per heavy atom. The van der Waals surface area contributed by atoms with E-state index < -0.39 is 18.0 Å². The zero-order valence-electron chi connectivity index (χ0n) is 8.31. The zero-order valence-corrected chi connectivity index (χ0v) is 8.31. The molecule has 0 amide bonds. The van der Waals surface area contributed by atoms with E-state index in [-0.39, 0.29) is 5.92 Å². The number of hydrogen-bond acceptors (Lipinski definition) is 2. The van der Waals surface area contributed by atoms with Crippen LogP contribution >= 0.6 is 0 Å². The van der Waals surface area contributed by atoms with E-state index in [0.717, 1.165) is 0 Å². The van der Waals surface area contributed by atoms with Crippen LogP contribution in [0.15, 0.2) is 24.3 Å². The first-order valence-electron chi connectivity index (χ1n) is 4.64. The Kier molecular flexibility index (Phi) is 3.61. The zero-order chi connectivity index (χ0) is 10.7. The van der Waals surface area contributed by atoms with Crippen LogP contribution in [0.3, 0.4) is 0 Å². The number of halogens is 1. The van der Waals surface area contributed by atoms with Crippen LogP contribution in [0.25, 0.3) is 0 Å². The van der Waals surface area contributed by atoms with Crippen molar-refractivity contribution < 1.29 is 14.6 Å². The average molecular weight is 198 g/mol. The molecule has 2 N–H and O–H groups in total. The van der Waals surface area contributed by atoms with E-state index in [1.165, 1.54) is 18.2 Å². The van der Waals surface area contributed by atoms with Crippen molar-refractivity contribution in [1.29, 1.82) is 0 Å². The van der Waals surface area contributed by atoms with Gasteiger partial charge in [-0.05, 0) is 23.6 Å². The van der Waals surface area contributed by atoms with Crippen molar-refractivity contribution in [3.63, 3.8) is 0 Å². The Morgan fingerprint density at radius 3 is 2.36 bits per heavy atom. The molecule has 0 fully saturated rings. The summed E-state index contributed by atoms with van der Waals surface area (Å²) in [5.41, 5.74) is 0.409. The van der Waals surface area contributed by atoms with Crippen molar-refractivity contribution in [1.82, 2.24) is 0 Å². The first-order valence-corrected chi connectivity index (χ1v) is 4.64. The molecule has 0 bridgehead atoms. The minimum Gasteiger partial charge on any atom is -0.390 e. The number of aliphatic hydroxyl groups is 2. The summed E-state index contributed by atoms with van der Waals surface area (Å²) in [6, 6.07) is 5.65. The Labute approximate surface area is 83.0 Å². The smallest absolute Gasteiger partial charge is 0.123 e. The molecule has 1 aromatic rings. The summed E-state index contributed by atoms with van der Waals surface area (Å²) in [4.78, 5) is 0. The highest BCUT2D eigenvalue weighted by Crippen LogP contribution is 2.21. The van der Waals surface area contributed by atoms with Crippen molar-refractivity contribution in [3.05, 3.63) is 35.6 Å². The maximum absolute atomic E-state index is 12.8. The number of benzene rings is 1. The van der Waals surface area contributed by atoms with Gasteiger partial charge in [0.1, 0.15) is 11.9 Å². The van der Waals surface area contributed by atoms with Crippen LogP contribution in [0.1, 0.15) is 25.5 Å². The Balaban J connectivity index is 2.83. The SMILES string of the molecule is CC(C)[C@@H](O)[C@H](O)c1cccc(F)c1. The molecular weight excluding hydrogens is 183 g/mol. The van der Waals surface area contributed by atoms with Crippen molar-refractivity contribution >= 4 is 0 Å². The van der Waals surface area contributed by atoms with Crippen molar-refractivity contribution in [2.24, 2.45) is 5.92 Å². The van der Waals surface area contributed by atoms with Crippen LogP contribution in [0.2, 0.25) is 0 Å². The highest BCUT2D eigenvalue weighted by Gasteiger charge is 2.21. The van der Waals surface area contributed by atoms with E-state index in [1.807, 2.05) is 0 Å². The second-order valence-corrected chi connectivity index (χ2v) is 3.73. The minimum atomic E-state index is -1.02. The van der Waals surface area contributed by atoms with Crippen LogP contribution in [0.4, 0.5) is 4.39 Å². The molecule has 0 radical (unpaired) electrons. The van der Waals surface area contributed by atoms with Gasteiger partial charge in [-0.15, -0.1) is 0 Å². The van der Waals surface area contributed by atoms with Crippen molar-refractivity contribution in [2.75, 3.05) is 0 Å². The first-order chi connectivity index (χ1) is 6.52. The standard InChI is InChI=1S/C11H15FO2/c1-7(2)10(13)11(14)8-4-3-5-9(12)6-8/h3-7,10-11,13-14H,1-2H3/t10-,11-/m1/s1. The molecule has 1 rings (SSSR count). The van der Waals surface area contributed by atoms with Gasteiger partial charge >= 0.3 is 0 Å². The predicted molar refractivity (Wildman–Crippen MR) is 52.2 cm³/mol. The van der Waals surface area contributed by atoms with Gasteiger partial charge in [-0.1, -0.05) is 26.0 Å². The van der Waals surface area contributed by atoms with Crippen LogP contribution in [0.5, 0.6) is 0 Å². The lowest BCUT2D eigenvalue weighted by Gasteiger charge is -2.21. The molecule has 0 aliphatic heterocycles. The van der Waals surface area contributed by atoms with Crippen LogP contribution in [0, 0.1) is 11.7 Å². The third-order valence-electron chi connectivity index (χ3n) is 2.20. The highest BCUT2D eigenvalue weighted by molar-refractivity contribution is 5.19. The van der Waals surface area contributed by atoms with Gasteiger partial charge < -0.3 is 10.2 Å². The molecule has 0 unspecified atom stereocenters. The van der Waals surface area contributed by atoms with E-state index in [4.69, 9.17) is 0 Å². The van der Waals surface area contributed by atoms with E-state index in [2.05, 4.69) is 0 Å². The normalized spacial score (nSPS) is 15.6. The summed E-state index contributed by atoms with van der Waals surface area (Å²) in [6.45, 7) is 3.60. The molecule has 3 heteroatoms. The van der Waals surface area contributed by atoms with E-state index >= 15 is 0 Å². The highest BCUT2D eigenvalue weighted by atomic mass is 19.1. The van der Waals surface area contributed by atoms with Gasteiger partial charge in [0, 0.05) is 0 Å². The maximum atomic E-state index is 12.8. The van der Waals surface area contributed by atoms with Gasteiger partial charge in [0.2, 0.25) is 0 Å². The quantitative estimate of drug-likeness (QED) is 0.778. The van der Waals surface area contributed by atoms with E-state index in [1.54, 1.807) is 19.9 Å². The van der Waals surface area contributed by atoms with Gasteiger partial charge in [-0.2, -0.15) is 0 Å². The molecular formula is C11H15FO2. The molecule has 1 aromatic carbocycles. The lowest BCUT2D eigenvalue weighted by Crippen LogP contribution is -2.23. The summed E-state index contributed by atoms with van der Waals surface area (Å²) in [7, 11) is 0. The molecule has 0 heterocycles. The molecule has 0 saturated carbocycles. The van der Waals surface area contributed by atoms with Crippen LogP contribution < -0.4 is 0 Å². The summed E-state index contributed by atoms with van der Waals surface area (Å²) in [5, 5.41) is 19.2. The van der Waals surface area contributed by atoms with Crippen LogP contribution in [-0.4, -0.2) is 16.3 Å². The van der Waals surface area contributed by atoms with Crippen LogP contribution in [-0.2, 0) is 0 Å². The summed E-state index contributed by atoms with van der Waals surface area (Å²) >= 11 is 0. The molecule has 0 spiro atoms. The fourth-order valence-electron chi connectivity index (χ4n) is 1.25. The molecule has 2 nitrogen and oxygen atoms in total. The molecule has 78 valence electrons. The monoisotopic (exact) mass is 198 g/mol. The molecule has 14 heavy (non-hydrogen) atoms. The molecule has 2 atom stereocenters. The summed E-state index contributed by atoms with van der Waals surface area (Å²) in [5.74, 6) is -0.467. The maximum Gasteiger partial charge on any atom is 0.123 e.